The van der Waals surface area contributed by atoms with Crippen LogP contribution in [0.5, 0.6) is 0 Å². The third-order valence-electron chi connectivity index (χ3n) is 3.00. The summed E-state index contributed by atoms with van der Waals surface area (Å²) >= 11 is 7.56. The van der Waals surface area contributed by atoms with Gasteiger partial charge in [0.2, 0.25) is 5.28 Å². The lowest BCUT2D eigenvalue weighted by molar-refractivity contribution is 0.929. The zero-order valence-electron chi connectivity index (χ0n) is 9.93. The average Bonchev–Trinajstić information content (AvgIpc) is 2.90. The first-order chi connectivity index (χ1) is 8.79. The standard InChI is InChI=1S/C11H12ClN5S/c1-18-10-8-7(13-6-14-10)9(16-11(12)15-8)17-4-2-3-5-17/h6H,2-5H2,1H3. The van der Waals surface area contributed by atoms with Crippen LogP contribution in [0.1, 0.15) is 12.8 Å². The molecule has 0 spiro atoms. The molecule has 7 heteroatoms. The van der Waals surface area contributed by atoms with Crippen LogP contribution in [0.2, 0.25) is 5.28 Å². The Bertz CT molecular complexity index is 585. The first-order valence-corrected chi connectivity index (χ1v) is 7.37. The number of hydrogen-bond acceptors (Lipinski definition) is 6. The van der Waals surface area contributed by atoms with Crippen LogP contribution >= 0.6 is 23.4 Å². The highest BCUT2D eigenvalue weighted by Gasteiger charge is 2.20. The third kappa shape index (κ3) is 1.99. The van der Waals surface area contributed by atoms with Crippen molar-refractivity contribution in [3.63, 3.8) is 0 Å². The molecule has 5 nitrogen and oxygen atoms in total. The van der Waals surface area contributed by atoms with Gasteiger partial charge in [0, 0.05) is 13.1 Å². The van der Waals surface area contributed by atoms with E-state index in [1.807, 2.05) is 6.26 Å². The van der Waals surface area contributed by atoms with Crippen molar-refractivity contribution in [3.05, 3.63) is 11.6 Å². The lowest BCUT2D eigenvalue weighted by atomic mass is 10.4. The number of halogens is 1. The Hall–Kier alpha value is -1.14. The molecule has 1 aliphatic heterocycles. The fourth-order valence-corrected chi connectivity index (χ4v) is 2.84. The highest BCUT2D eigenvalue weighted by Crippen LogP contribution is 2.29. The summed E-state index contributed by atoms with van der Waals surface area (Å²) in [6, 6.07) is 0. The van der Waals surface area contributed by atoms with E-state index in [2.05, 4.69) is 24.8 Å². The van der Waals surface area contributed by atoms with Crippen LogP contribution in [0.25, 0.3) is 11.0 Å². The first kappa shape index (κ1) is 11.9. The number of aromatic nitrogens is 4. The van der Waals surface area contributed by atoms with Gasteiger partial charge >= 0.3 is 0 Å². The topological polar surface area (TPSA) is 54.8 Å². The van der Waals surface area contributed by atoms with E-state index in [9.17, 15) is 0 Å². The van der Waals surface area contributed by atoms with Crippen LogP contribution in [0.15, 0.2) is 11.4 Å². The molecule has 0 atom stereocenters. The second-order valence-electron chi connectivity index (χ2n) is 4.09. The number of rotatable bonds is 2. The van der Waals surface area contributed by atoms with Crippen molar-refractivity contribution in [3.8, 4) is 0 Å². The van der Waals surface area contributed by atoms with Gasteiger partial charge in [-0.15, -0.1) is 11.8 Å². The van der Waals surface area contributed by atoms with Crippen LogP contribution in [0, 0.1) is 0 Å². The number of anilines is 1. The molecule has 2 aromatic rings. The first-order valence-electron chi connectivity index (χ1n) is 5.77. The van der Waals surface area contributed by atoms with Crippen molar-refractivity contribution in [1.82, 2.24) is 19.9 Å². The lowest BCUT2D eigenvalue weighted by Crippen LogP contribution is -2.20. The van der Waals surface area contributed by atoms with Gasteiger partial charge < -0.3 is 4.90 Å². The van der Waals surface area contributed by atoms with E-state index in [0.29, 0.717) is 0 Å². The summed E-state index contributed by atoms with van der Waals surface area (Å²) in [7, 11) is 0. The van der Waals surface area contributed by atoms with Crippen molar-refractivity contribution in [2.24, 2.45) is 0 Å². The Morgan fingerprint density at radius 1 is 1.17 bits per heavy atom. The molecule has 0 bridgehead atoms. The zero-order chi connectivity index (χ0) is 12.5. The summed E-state index contributed by atoms with van der Waals surface area (Å²) in [5.41, 5.74) is 1.53. The predicted octanol–water partition coefficient (Wildman–Crippen LogP) is 2.40. The van der Waals surface area contributed by atoms with E-state index in [0.717, 1.165) is 35.0 Å². The van der Waals surface area contributed by atoms with Crippen LogP contribution in [0.4, 0.5) is 5.82 Å². The fraction of sp³-hybridized carbons (Fsp3) is 0.455. The number of nitrogens with zero attached hydrogens (tertiary/aromatic N) is 5. The average molecular weight is 282 g/mol. The molecule has 1 fully saturated rings. The number of hydrogen-bond donors (Lipinski definition) is 0. The van der Waals surface area contributed by atoms with Gasteiger partial charge in [0.25, 0.3) is 0 Å². The molecule has 0 aromatic carbocycles. The van der Waals surface area contributed by atoms with Gasteiger partial charge in [-0.2, -0.15) is 4.98 Å². The fourth-order valence-electron chi connectivity index (χ4n) is 2.18. The second-order valence-corrected chi connectivity index (χ2v) is 5.22. The van der Waals surface area contributed by atoms with Gasteiger partial charge in [-0.1, -0.05) is 0 Å². The van der Waals surface area contributed by atoms with E-state index >= 15 is 0 Å². The van der Waals surface area contributed by atoms with E-state index in [-0.39, 0.29) is 5.28 Å². The second kappa shape index (κ2) is 4.85. The molecule has 94 valence electrons. The van der Waals surface area contributed by atoms with Gasteiger partial charge in [0.1, 0.15) is 22.4 Å². The van der Waals surface area contributed by atoms with Crippen molar-refractivity contribution in [2.75, 3.05) is 24.2 Å². The molecule has 3 heterocycles. The third-order valence-corrected chi connectivity index (χ3v) is 3.86. The maximum atomic E-state index is 6.02. The minimum atomic E-state index is 0.259. The summed E-state index contributed by atoms with van der Waals surface area (Å²) < 4.78 is 0. The van der Waals surface area contributed by atoms with Crippen LogP contribution in [-0.4, -0.2) is 39.3 Å². The highest BCUT2D eigenvalue weighted by atomic mass is 35.5. The highest BCUT2D eigenvalue weighted by molar-refractivity contribution is 7.98. The van der Waals surface area contributed by atoms with Gasteiger partial charge in [-0.3, -0.25) is 0 Å². The molecule has 3 rings (SSSR count). The Morgan fingerprint density at radius 3 is 2.67 bits per heavy atom. The molecule has 1 saturated heterocycles. The van der Waals surface area contributed by atoms with E-state index in [1.54, 1.807) is 6.33 Å². The summed E-state index contributed by atoms with van der Waals surface area (Å²) in [6.07, 6.45) is 5.89. The smallest absolute Gasteiger partial charge is 0.225 e. The van der Waals surface area contributed by atoms with Crippen molar-refractivity contribution >= 4 is 40.2 Å². The van der Waals surface area contributed by atoms with Crippen molar-refractivity contribution < 1.29 is 0 Å². The van der Waals surface area contributed by atoms with E-state index in [1.165, 1.54) is 24.6 Å². The largest absolute Gasteiger partial charge is 0.355 e. The molecule has 0 N–H and O–H groups in total. The van der Waals surface area contributed by atoms with E-state index in [4.69, 9.17) is 11.6 Å². The Morgan fingerprint density at radius 2 is 1.94 bits per heavy atom. The Balaban J connectivity index is 2.24. The maximum absolute atomic E-state index is 6.02. The quantitative estimate of drug-likeness (QED) is 0.479. The van der Waals surface area contributed by atoms with Crippen LogP contribution in [0.3, 0.4) is 0 Å². The molecule has 0 aliphatic carbocycles. The predicted molar refractivity (Wildman–Crippen MR) is 73.4 cm³/mol. The summed E-state index contributed by atoms with van der Waals surface area (Å²) in [5.74, 6) is 0.834. The lowest BCUT2D eigenvalue weighted by Gasteiger charge is -2.17. The Labute approximate surface area is 114 Å². The SMILES string of the molecule is CSc1ncnc2c(N3CCCC3)nc(Cl)nc12. The monoisotopic (exact) mass is 281 g/mol. The summed E-state index contributed by atoms with van der Waals surface area (Å²) in [4.78, 5) is 19.4. The molecule has 0 saturated carbocycles. The van der Waals surface area contributed by atoms with Crippen molar-refractivity contribution in [1.29, 1.82) is 0 Å². The van der Waals surface area contributed by atoms with Gasteiger partial charge in [0.05, 0.1) is 0 Å². The minimum absolute atomic E-state index is 0.259. The van der Waals surface area contributed by atoms with Gasteiger partial charge in [-0.05, 0) is 30.7 Å². The molecular formula is C11H12ClN5S. The molecular weight excluding hydrogens is 270 g/mol. The molecule has 2 aromatic heterocycles. The summed E-state index contributed by atoms with van der Waals surface area (Å²) in [5, 5.41) is 1.10. The van der Waals surface area contributed by atoms with Crippen LogP contribution < -0.4 is 4.90 Å². The van der Waals surface area contributed by atoms with Gasteiger partial charge in [-0.25, -0.2) is 15.0 Å². The minimum Gasteiger partial charge on any atom is -0.355 e. The van der Waals surface area contributed by atoms with Crippen molar-refractivity contribution in [2.45, 2.75) is 17.9 Å². The van der Waals surface area contributed by atoms with E-state index < -0.39 is 0 Å². The summed E-state index contributed by atoms with van der Waals surface area (Å²) in [6.45, 7) is 2.00. The van der Waals surface area contributed by atoms with Gasteiger partial charge in [0.15, 0.2) is 5.82 Å². The molecule has 1 aliphatic rings. The number of thioether (sulfide) groups is 1. The number of fused-ring (bicyclic) bond motifs is 1. The van der Waals surface area contributed by atoms with Crippen LogP contribution in [-0.2, 0) is 0 Å². The maximum Gasteiger partial charge on any atom is 0.225 e. The molecule has 0 amide bonds. The zero-order valence-corrected chi connectivity index (χ0v) is 11.5. The normalized spacial score (nSPS) is 15.6. The molecule has 0 radical (unpaired) electrons. The Kier molecular flexibility index (Phi) is 3.22. The molecule has 18 heavy (non-hydrogen) atoms. The molecule has 0 unspecified atom stereocenters.